The number of benzene rings is 2. The molecule has 5 heteroatoms. The van der Waals surface area contributed by atoms with Crippen LogP contribution in [0.15, 0.2) is 72.9 Å². The van der Waals surface area contributed by atoms with Crippen LogP contribution in [-0.2, 0) is 6.61 Å². The minimum Gasteiger partial charge on any atom is -0.489 e. The van der Waals surface area contributed by atoms with E-state index in [9.17, 15) is 4.79 Å². The van der Waals surface area contributed by atoms with Crippen LogP contribution in [0.5, 0.6) is 5.75 Å². The Bertz CT molecular complexity index is 876. The average molecular weight is 375 g/mol. The molecule has 1 heterocycles. The van der Waals surface area contributed by atoms with Gasteiger partial charge in [-0.2, -0.15) is 0 Å². The Balaban J connectivity index is 1.52. The van der Waals surface area contributed by atoms with Crippen LogP contribution in [0, 0.1) is 5.92 Å². The molecule has 3 aromatic rings. The molecule has 0 unspecified atom stereocenters. The lowest BCUT2D eigenvalue weighted by molar-refractivity contribution is 0.102. The summed E-state index contributed by atoms with van der Waals surface area (Å²) >= 11 is 0. The van der Waals surface area contributed by atoms with Gasteiger partial charge in [-0.3, -0.25) is 4.79 Å². The van der Waals surface area contributed by atoms with Crippen molar-refractivity contribution in [3.63, 3.8) is 0 Å². The maximum absolute atomic E-state index is 12.4. The van der Waals surface area contributed by atoms with Crippen molar-refractivity contribution in [1.29, 1.82) is 0 Å². The molecular formula is C23H25N3O2. The van der Waals surface area contributed by atoms with Crippen molar-refractivity contribution in [2.45, 2.75) is 20.5 Å². The van der Waals surface area contributed by atoms with E-state index < -0.39 is 0 Å². The minimum absolute atomic E-state index is 0.194. The summed E-state index contributed by atoms with van der Waals surface area (Å²) in [7, 11) is 0. The van der Waals surface area contributed by atoms with Crippen molar-refractivity contribution in [3.8, 4) is 5.75 Å². The molecule has 1 aromatic heterocycles. The van der Waals surface area contributed by atoms with Gasteiger partial charge in [0.15, 0.2) is 0 Å². The number of rotatable bonds is 8. The number of hydrogen-bond acceptors (Lipinski definition) is 4. The first-order valence-corrected chi connectivity index (χ1v) is 9.38. The number of carbonyl (C=O) groups is 1. The van der Waals surface area contributed by atoms with E-state index in [0.717, 1.165) is 23.7 Å². The first kappa shape index (κ1) is 19.4. The number of amides is 1. The van der Waals surface area contributed by atoms with E-state index >= 15 is 0 Å². The highest BCUT2D eigenvalue weighted by Gasteiger charge is 2.07. The molecule has 0 aliphatic heterocycles. The van der Waals surface area contributed by atoms with Crippen molar-refractivity contribution >= 4 is 17.4 Å². The lowest BCUT2D eigenvalue weighted by Crippen LogP contribution is -2.13. The number of aromatic nitrogens is 1. The van der Waals surface area contributed by atoms with Gasteiger partial charge in [-0.25, -0.2) is 4.98 Å². The van der Waals surface area contributed by atoms with E-state index in [1.54, 1.807) is 12.3 Å². The van der Waals surface area contributed by atoms with Crippen LogP contribution < -0.4 is 15.4 Å². The lowest BCUT2D eigenvalue weighted by atomic mass is 10.2. The fourth-order valence-electron chi connectivity index (χ4n) is 2.52. The largest absolute Gasteiger partial charge is 0.489 e. The number of pyridine rings is 1. The maximum atomic E-state index is 12.4. The van der Waals surface area contributed by atoms with Crippen LogP contribution in [0.1, 0.15) is 29.8 Å². The quantitative estimate of drug-likeness (QED) is 0.583. The summed E-state index contributed by atoms with van der Waals surface area (Å²) in [6.07, 6.45) is 1.58. The topological polar surface area (TPSA) is 63.2 Å². The second-order valence-electron chi connectivity index (χ2n) is 6.96. The van der Waals surface area contributed by atoms with Crippen LogP contribution >= 0.6 is 0 Å². The Hall–Kier alpha value is -3.34. The third-order valence-electron chi connectivity index (χ3n) is 4.08. The summed E-state index contributed by atoms with van der Waals surface area (Å²) in [5.74, 6) is 1.86. The maximum Gasteiger partial charge on any atom is 0.257 e. The van der Waals surface area contributed by atoms with Gasteiger partial charge in [-0.15, -0.1) is 0 Å². The molecule has 3 rings (SSSR count). The molecule has 0 aliphatic carbocycles. The molecule has 28 heavy (non-hydrogen) atoms. The van der Waals surface area contributed by atoms with Crippen LogP contribution in [0.3, 0.4) is 0 Å². The number of carbonyl (C=O) groups excluding carboxylic acids is 1. The molecule has 0 aliphatic rings. The predicted octanol–water partition coefficient (Wildman–Crippen LogP) is 4.98. The highest BCUT2D eigenvalue weighted by Crippen LogP contribution is 2.18. The predicted molar refractivity (Wildman–Crippen MR) is 113 cm³/mol. The van der Waals surface area contributed by atoms with E-state index in [0.29, 0.717) is 23.8 Å². The summed E-state index contributed by atoms with van der Waals surface area (Å²) in [6, 6.07) is 20.9. The van der Waals surface area contributed by atoms with Gasteiger partial charge in [-0.1, -0.05) is 44.2 Å². The molecule has 0 saturated carbocycles. The molecular weight excluding hydrogens is 350 g/mol. The van der Waals surface area contributed by atoms with Crippen LogP contribution in [0.25, 0.3) is 0 Å². The summed E-state index contributed by atoms with van der Waals surface area (Å²) in [4.78, 5) is 16.7. The molecule has 144 valence electrons. The second-order valence-corrected chi connectivity index (χ2v) is 6.96. The van der Waals surface area contributed by atoms with Crippen molar-refractivity contribution in [2.24, 2.45) is 5.92 Å². The third-order valence-corrected chi connectivity index (χ3v) is 4.08. The fourth-order valence-corrected chi connectivity index (χ4v) is 2.52. The lowest BCUT2D eigenvalue weighted by Gasteiger charge is -2.10. The Kier molecular flexibility index (Phi) is 6.63. The number of anilines is 2. The first-order valence-electron chi connectivity index (χ1n) is 9.38. The van der Waals surface area contributed by atoms with Gasteiger partial charge in [0.2, 0.25) is 0 Å². The van der Waals surface area contributed by atoms with Gasteiger partial charge in [0, 0.05) is 18.4 Å². The Labute approximate surface area is 165 Å². The standard InChI is InChI=1S/C23H25N3O2/c1-17(2)14-24-22-13-8-19(15-25-22)23(27)26-20-9-11-21(12-10-20)28-16-18-6-4-3-5-7-18/h3-13,15,17H,14,16H2,1-2H3,(H,24,25)(H,26,27). The van der Waals surface area contributed by atoms with E-state index in [2.05, 4.69) is 29.5 Å². The Morgan fingerprint density at radius 1 is 1.00 bits per heavy atom. The van der Waals surface area contributed by atoms with Crippen LogP contribution in [0.2, 0.25) is 0 Å². The highest BCUT2D eigenvalue weighted by atomic mass is 16.5. The summed E-state index contributed by atoms with van der Waals surface area (Å²) in [5, 5.41) is 6.11. The summed E-state index contributed by atoms with van der Waals surface area (Å²) in [6.45, 7) is 5.62. The van der Waals surface area contributed by atoms with E-state index in [4.69, 9.17) is 4.74 Å². The zero-order valence-corrected chi connectivity index (χ0v) is 16.2. The van der Waals surface area contributed by atoms with Crippen molar-refractivity contribution < 1.29 is 9.53 Å². The molecule has 0 fully saturated rings. The smallest absolute Gasteiger partial charge is 0.257 e. The molecule has 0 bridgehead atoms. The normalized spacial score (nSPS) is 10.5. The summed E-state index contributed by atoms with van der Waals surface area (Å²) in [5.41, 5.74) is 2.33. The van der Waals surface area contributed by atoms with Crippen molar-refractivity contribution in [3.05, 3.63) is 84.1 Å². The van der Waals surface area contributed by atoms with E-state index in [1.807, 2.05) is 60.7 Å². The van der Waals surface area contributed by atoms with Crippen molar-refractivity contribution in [1.82, 2.24) is 4.98 Å². The van der Waals surface area contributed by atoms with Gasteiger partial charge in [0.1, 0.15) is 18.2 Å². The fraction of sp³-hybridized carbons (Fsp3) is 0.217. The molecule has 2 aromatic carbocycles. The van der Waals surface area contributed by atoms with E-state index in [-0.39, 0.29) is 5.91 Å². The van der Waals surface area contributed by atoms with Gasteiger partial charge in [0.05, 0.1) is 5.56 Å². The van der Waals surface area contributed by atoms with Crippen LogP contribution in [0.4, 0.5) is 11.5 Å². The second kappa shape index (κ2) is 9.55. The van der Waals surface area contributed by atoms with E-state index in [1.165, 1.54) is 0 Å². The SMILES string of the molecule is CC(C)CNc1ccc(C(=O)Nc2ccc(OCc3ccccc3)cc2)cn1. The zero-order chi connectivity index (χ0) is 19.8. The first-order chi connectivity index (χ1) is 13.6. The average Bonchev–Trinajstić information content (AvgIpc) is 2.73. The Morgan fingerprint density at radius 3 is 2.39 bits per heavy atom. The van der Waals surface area contributed by atoms with Gasteiger partial charge in [-0.05, 0) is 47.9 Å². The zero-order valence-electron chi connectivity index (χ0n) is 16.2. The Morgan fingerprint density at radius 2 is 1.75 bits per heavy atom. The van der Waals surface area contributed by atoms with Gasteiger partial charge < -0.3 is 15.4 Å². The number of nitrogens with one attached hydrogen (secondary N) is 2. The number of ether oxygens (including phenoxy) is 1. The minimum atomic E-state index is -0.194. The number of nitrogens with zero attached hydrogens (tertiary/aromatic N) is 1. The molecule has 5 nitrogen and oxygen atoms in total. The molecule has 2 N–H and O–H groups in total. The molecule has 0 spiro atoms. The third kappa shape index (κ3) is 5.84. The van der Waals surface area contributed by atoms with Gasteiger partial charge in [0.25, 0.3) is 5.91 Å². The highest BCUT2D eigenvalue weighted by molar-refractivity contribution is 6.04. The molecule has 1 amide bonds. The number of hydrogen-bond donors (Lipinski definition) is 2. The van der Waals surface area contributed by atoms with Crippen molar-refractivity contribution in [2.75, 3.05) is 17.2 Å². The van der Waals surface area contributed by atoms with Gasteiger partial charge >= 0.3 is 0 Å². The molecule has 0 atom stereocenters. The molecule has 0 saturated heterocycles. The molecule has 0 radical (unpaired) electrons. The van der Waals surface area contributed by atoms with Crippen LogP contribution in [-0.4, -0.2) is 17.4 Å². The monoisotopic (exact) mass is 375 g/mol. The summed E-state index contributed by atoms with van der Waals surface area (Å²) < 4.78 is 5.76.